The van der Waals surface area contributed by atoms with Gasteiger partial charge in [-0.1, -0.05) is 32.9 Å². The van der Waals surface area contributed by atoms with E-state index in [2.05, 4.69) is 25.9 Å². The Hall–Kier alpha value is -2.10. The maximum atomic E-state index is 11.2. The predicted octanol–water partition coefficient (Wildman–Crippen LogP) is 3.48. The first-order valence-corrected chi connectivity index (χ1v) is 6.61. The fourth-order valence-electron chi connectivity index (χ4n) is 2.15. The zero-order valence-electron chi connectivity index (χ0n) is 12.6. The molecule has 2 aromatic rings. The summed E-state index contributed by atoms with van der Waals surface area (Å²) in [7, 11) is 0. The van der Waals surface area contributed by atoms with Gasteiger partial charge in [0.05, 0.1) is 11.4 Å². The molecule has 0 aliphatic carbocycles. The topological polar surface area (TPSA) is 55.1 Å². The average molecular weight is 272 g/mol. The van der Waals surface area contributed by atoms with Gasteiger partial charge in [0.15, 0.2) is 5.69 Å². The molecule has 0 aliphatic heterocycles. The van der Waals surface area contributed by atoms with Crippen LogP contribution in [0.1, 0.15) is 48.1 Å². The monoisotopic (exact) mass is 272 g/mol. The third kappa shape index (κ3) is 2.59. The van der Waals surface area contributed by atoms with Crippen LogP contribution in [0.3, 0.4) is 0 Å². The molecule has 0 aliphatic rings. The Morgan fingerprint density at radius 3 is 2.40 bits per heavy atom. The number of benzene rings is 1. The van der Waals surface area contributed by atoms with Gasteiger partial charge in [-0.3, -0.25) is 0 Å². The van der Waals surface area contributed by atoms with E-state index in [0.717, 1.165) is 22.5 Å². The molecule has 1 N–H and O–H groups in total. The van der Waals surface area contributed by atoms with Crippen molar-refractivity contribution in [2.75, 3.05) is 0 Å². The number of aromatic carboxylic acids is 1. The molecule has 20 heavy (non-hydrogen) atoms. The summed E-state index contributed by atoms with van der Waals surface area (Å²) in [6.45, 7) is 10.2. The second-order valence-electron chi connectivity index (χ2n) is 6.17. The Morgan fingerprint density at radius 2 is 1.85 bits per heavy atom. The summed E-state index contributed by atoms with van der Waals surface area (Å²) in [6, 6.07) is 7.75. The molecule has 1 heterocycles. The molecule has 1 aromatic carbocycles. The SMILES string of the molecule is Cc1ccc(C)c(-n2nc(C(=O)O)cc2C(C)(C)C)c1. The Kier molecular flexibility index (Phi) is 3.42. The van der Waals surface area contributed by atoms with E-state index in [4.69, 9.17) is 0 Å². The van der Waals surface area contributed by atoms with Crippen molar-refractivity contribution < 1.29 is 9.90 Å². The van der Waals surface area contributed by atoms with Gasteiger partial charge in [-0.25, -0.2) is 9.48 Å². The highest BCUT2D eigenvalue weighted by Gasteiger charge is 2.24. The fourth-order valence-corrected chi connectivity index (χ4v) is 2.15. The van der Waals surface area contributed by atoms with Gasteiger partial charge in [-0.05, 0) is 37.1 Å². The third-order valence-electron chi connectivity index (χ3n) is 3.29. The highest BCUT2D eigenvalue weighted by Crippen LogP contribution is 2.27. The van der Waals surface area contributed by atoms with Crippen molar-refractivity contribution in [1.82, 2.24) is 9.78 Å². The normalized spacial score (nSPS) is 11.7. The minimum Gasteiger partial charge on any atom is -0.476 e. The Balaban J connectivity index is 2.72. The van der Waals surface area contributed by atoms with Crippen molar-refractivity contribution in [2.24, 2.45) is 0 Å². The van der Waals surface area contributed by atoms with Crippen LogP contribution < -0.4 is 0 Å². The Morgan fingerprint density at radius 1 is 1.20 bits per heavy atom. The standard InChI is InChI=1S/C16H20N2O2/c1-10-6-7-11(2)13(8-10)18-14(16(3,4)5)9-12(17-18)15(19)20/h6-9H,1-5H3,(H,19,20). The minimum absolute atomic E-state index is 0.0795. The van der Waals surface area contributed by atoms with Gasteiger partial charge in [0.1, 0.15) is 0 Å². The number of carboxylic acids is 1. The van der Waals surface area contributed by atoms with E-state index < -0.39 is 5.97 Å². The zero-order valence-corrected chi connectivity index (χ0v) is 12.6. The van der Waals surface area contributed by atoms with Crippen LogP contribution >= 0.6 is 0 Å². The number of aromatic nitrogens is 2. The molecule has 0 saturated carbocycles. The first kappa shape index (κ1) is 14.3. The average Bonchev–Trinajstić information content (AvgIpc) is 2.77. The lowest BCUT2D eigenvalue weighted by molar-refractivity contribution is 0.0690. The van der Waals surface area contributed by atoms with Crippen molar-refractivity contribution >= 4 is 5.97 Å². The lowest BCUT2D eigenvalue weighted by Crippen LogP contribution is -2.18. The number of carboxylic acid groups (broad SMARTS) is 1. The molecule has 0 atom stereocenters. The number of hydrogen-bond donors (Lipinski definition) is 1. The quantitative estimate of drug-likeness (QED) is 0.910. The molecule has 0 bridgehead atoms. The lowest BCUT2D eigenvalue weighted by atomic mass is 9.91. The van der Waals surface area contributed by atoms with Crippen LogP contribution in [-0.4, -0.2) is 20.9 Å². The van der Waals surface area contributed by atoms with E-state index in [1.165, 1.54) is 0 Å². The number of nitrogens with zero attached hydrogens (tertiary/aromatic N) is 2. The summed E-state index contributed by atoms with van der Waals surface area (Å²) in [4.78, 5) is 11.2. The van der Waals surface area contributed by atoms with E-state index in [1.807, 2.05) is 32.0 Å². The van der Waals surface area contributed by atoms with E-state index >= 15 is 0 Å². The molecule has 106 valence electrons. The van der Waals surface area contributed by atoms with E-state index in [0.29, 0.717) is 0 Å². The van der Waals surface area contributed by atoms with Gasteiger partial charge in [-0.2, -0.15) is 5.10 Å². The molecule has 4 heteroatoms. The van der Waals surface area contributed by atoms with Crippen LogP contribution in [0.2, 0.25) is 0 Å². The van der Waals surface area contributed by atoms with Gasteiger partial charge >= 0.3 is 5.97 Å². The maximum Gasteiger partial charge on any atom is 0.356 e. The van der Waals surface area contributed by atoms with E-state index in [1.54, 1.807) is 10.7 Å². The van der Waals surface area contributed by atoms with Crippen LogP contribution in [0.25, 0.3) is 5.69 Å². The summed E-state index contributed by atoms with van der Waals surface area (Å²) < 4.78 is 1.76. The number of carbonyl (C=O) groups is 1. The van der Waals surface area contributed by atoms with E-state index in [9.17, 15) is 9.90 Å². The molecule has 0 spiro atoms. The molecular weight excluding hydrogens is 252 g/mol. The molecule has 2 rings (SSSR count). The summed E-state index contributed by atoms with van der Waals surface area (Å²) in [5.41, 5.74) is 3.91. The van der Waals surface area contributed by atoms with Gasteiger partial charge in [0, 0.05) is 5.41 Å². The molecule has 0 saturated heterocycles. The van der Waals surface area contributed by atoms with Crippen molar-refractivity contribution in [3.8, 4) is 5.69 Å². The molecule has 0 amide bonds. The van der Waals surface area contributed by atoms with Crippen LogP contribution in [0.5, 0.6) is 0 Å². The molecule has 0 radical (unpaired) electrons. The van der Waals surface area contributed by atoms with Crippen molar-refractivity contribution in [1.29, 1.82) is 0 Å². The van der Waals surface area contributed by atoms with Crippen molar-refractivity contribution in [3.63, 3.8) is 0 Å². The molecule has 4 nitrogen and oxygen atoms in total. The maximum absolute atomic E-state index is 11.2. The van der Waals surface area contributed by atoms with Crippen LogP contribution in [0, 0.1) is 13.8 Å². The summed E-state index contributed by atoms with van der Waals surface area (Å²) in [6.07, 6.45) is 0. The van der Waals surface area contributed by atoms with Gasteiger partial charge in [0.2, 0.25) is 0 Å². The smallest absolute Gasteiger partial charge is 0.356 e. The second-order valence-corrected chi connectivity index (χ2v) is 6.17. The summed E-state index contributed by atoms with van der Waals surface area (Å²) in [5, 5.41) is 13.4. The largest absolute Gasteiger partial charge is 0.476 e. The second kappa shape index (κ2) is 4.78. The molecule has 1 aromatic heterocycles. The highest BCUT2D eigenvalue weighted by molar-refractivity contribution is 5.85. The van der Waals surface area contributed by atoms with Crippen molar-refractivity contribution in [2.45, 2.75) is 40.0 Å². The first-order chi connectivity index (χ1) is 9.20. The highest BCUT2D eigenvalue weighted by atomic mass is 16.4. The molecule has 0 unspecified atom stereocenters. The number of aryl methyl sites for hydroxylation is 2. The van der Waals surface area contributed by atoms with Crippen LogP contribution in [0.4, 0.5) is 0 Å². The third-order valence-corrected chi connectivity index (χ3v) is 3.29. The van der Waals surface area contributed by atoms with E-state index in [-0.39, 0.29) is 11.1 Å². The Labute approximate surface area is 119 Å². The predicted molar refractivity (Wildman–Crippen MR) is 78.7 cm³/mol. The van der Waals surface area contributed by atoms with Gasteiger partial charge in [0.25, 0.3) is 0 Å². The van der Waals surface area contributed by atoms with Gasteiger partial charge < -0.3 is 5.11 Å². The number of rotatable bonds is 2. The lowest BCUT2D eigenvalue weighted by Gasteiger charge is -2.21. The molecular formula is C16H20N2O2. The molecule has 0 fully saturated rings. The van der Waals surface area contributed by atoms with Crippen molar-refractivity contribution in [3.05, 3.63) is 46.8 Å². The summed E-state index contributed by atoms with van der Waals surface area (Å²) in [5.74, 6) is -1.00. The number of hydrogen-bond acceptors (Lipinski definition) is 2. The van der Waals surface area contributed by atoms with Crippen LogP contribution in [-0.2, 0) is 5.41 Å². The first-order valence-electron chi connectivity index (χ1n) is 6.61. The Bertz CT molecular complexity index is 664. The summed E-state index contributed by atoms with van der Waals surface area (Å²) >= 11 is 0. The van der Waals surface area contributed by atoms with Crippen LogP contribution in [0.15, 0.2) is 24.3 Å². The van der Waals surface area contributed by atoms with Gasteiger partial charge in [-0.15, -0.1) is 0 Å². The minimum atomic E-state index is -1.00. The fraction of sp³-hybridized carbons (Fsp3) is 0.375. The zero-order chi connectivity index (χ0) is 15.1.